The zero-order valence-corrected chi connectivity index (χ0v) is 11.5. The largest absolute Gasteiger partial charge is 0.392 e. The topological polar surface area (TPSA) is 49.7 Å². The summed E-state index contributed by atoms with van der Waals surface area (Å²) in [6.45, 7) is 12.4. The molecular weight excluding hydrogens is 202 g/mol. The van der Waals surface area contributed by atoms with Crippen LogP contribution in [-0.4, -0.2) is 17.3 Å². The summed E-state index contributed by atoms with van der Waals surface area (Å²) in [5.41, 5.74) is 0. The van der Waals surface area contributed by atoms with E-state index in [2.05, 4.69) is 32.9 Å². The van der Waals surface area contributed by atoms with Gasteiger partial charge in [-0.1, -0.05) is 46.7 Å². The van der Waals surface area contributed by atoms with Crippen LogP contribution in [0.15, 0.2) is 5.18 Å². The lowest BCUT2D eigenvalue weighted by atomic mass is 9.77. The number of rotatable bonds is 7. The van der Waals surface area contributed by atoms with Crippen LogP contribution in [0.4, 0.5) is 0 Å². The van der Waals surface area contributed by atoms with Gasteiger partial charge in [0.05, 0.1) is 12.1 Å². The Hall–Kier alpha value is -0.440. The molecule has 0 saturated carbocycles. The van der Waals surface area contributed by atoms with Crippen LogP contribution in [0.1, 0.15) is 48.0 Å². The van der Waals surface area contributed by atoms with Crippen molar-refractivity contribution in [1.29, 1.82) is 0 Å². The van der Waals surface area contributed by atoms with Crippen LogP contribution in [-0.2, 0) is 0 Å². The van der Waals surface area contributed by atoms with E-state index in [1.165, 1.54) is 0 Å². The van der Waals surface area contributed by atoms with Gasteiger partial charge in [-0.15, -0.1) is 0 Å². The molecule has 5 unspecified atom stereocenters. The maximum atomic E-state index is 10.6. The van der Waals surface area contributed by atoms with E-state index < -0.39 is 6.10 Å². The summed E-state index contributed by atoms with van der Waals surface area (Å²) in [6.07, 6.45) is 0.255. The highest BCUT2D eigenvalue weighted by molar-refractivity contribution is 4.83. The molecule has 0 aliphatic carbocycles. The van der Waals surface area contributed by atoms with Gasteiger partial charge in [-0.2, -0.15) is 4.91 Å². The summed E-state index contributed by atoms with van der Waals surface area (Å²) in [6, 6.07) is -0.267. The third-order valence-electron chi connectivity index (χ3n) is 4.12. The van der Waals surface area contributed by atoms with Crippen molar-refractivity contribution in [2.24, 2.45) is 28.8 Å². The van der Waals surface area contributed by atoms with Gasteiger partial charge in [0.15, 0.2) is 0 Å². The zero-order chi connectivity index (χ0) is 12.9. The number of hydrogen-bond acceptors (Lipinski definition) is 3. The van der Waals surface area contributed by atoms with Gasteiger partial charge in [0.1, 0.15) is 0 Å². The van der Waals surface area contributed by atoms with E-state index in [-0.39, 0.29) is 17.9 Å². The van der Waals surface area contributed by atoms with Crippen molar-refractivity contribution in [1.82, 2.24) is 0 Å². The van der Waals surface area contributed by atoms with E-state index in [4.69, 9.17) is 0 Å². The maximum absolute atomic E-state index is 10.6. The van der Waals surface area contributed by atoms with Gasteiger partial charge in [0.2, 0.25) is 0 Å². The molecule has 96 valence electrons. The molecule has 16 heavy (non-hydrogen) atoms. The van der Waals surface area contributed by atoms with E-state index >= 15 is 0 Å². The van der Waals surface area contributed by atoms with Gasteiger partial charge in [-0.05, 0) is 24.2 Å². The van der Waals surface area contributed by atoms with Crippen LogP contribution in [0, 0.1) is 28.6 Å². The van der Waals surface area contributed by atoms with Crippen molar-refractivity contribution in [3.8, 4) is 0 Å². The van der Waals surface area contributed by atoms with Crippen molar-refractivity contribution in [2.45, 2.75) is 60.1 Å². The Morgan fingerprint density at radius 3 is 1.81 bits per heavy atom. The van der Waals surface area contributed by atoms with Gasteiger partial charge in [-0.25, -0.2) is 0 Å². The average Bonchev–Trinajstić information content (AvgIpc) is 2.27. The maximum Gasteiger partial charge on any atom is 0.0967 e. The van der Waals surface area contributed by atoms with Gasteiger partial charge >= 0.3 is 0 Å². The Morgan fingerprint density at radius 2 is 1.50 bits per heavy atom. The predicted molar refractivity (Wildman–Crippen MR) is 68.2 cm³/mol. The Kier molecular flexibility index (Phi) is 6.81. The third-order valence-corrected chi connectivity index (χ3v) is 4.12. The molecule has 0 aliphatic heterocycles. The number of nitrogens with zero attached hydrogens (tertiary/aromatic N) is 1. The molecule has 0 saturated heterocycles. The summed E-state index contributed by atoms with van der Waals surface area (Å²) in [4.78, 5) is 10.6. The molecule has 3 heteroatoms. The van der Waals surface area contributed by atoms with Crippen LogP contribution < -0.4 is 0 Å². The van der Waals surface area contributed by atoms with Crippen LogP contribution in [0.3, 0.4) is 0 Å². The highest BCUT2D eigenvalue weighted by Gasteiger charge is 2.31. The molecule has 0 aromatic heterocycles. The molecule has 0 heterocycles. The Bertz CT molecular complexity index is 206. The van der Waals surface area contributed by atoms with Gasteiger partial charge in [-0.3, -0.25) is 0 Å². The van der Waals surface area contributed by atoms with E-state index in [0.29, 0.717) is 18.3 Å². The van der Waals surface area contributed by atoms with Gasteiger partial charge in [0.25, 0.3) is 0 Å². The molecular formula is C13H27NO2. The first-order chi connectivity index (χ1) is 7.36. The number of aliphatic hydroxyl groups is 1. The molecule has 0 fully saturated rings. The smallest absolute Gasteiger partial charge is 0.0967 e. The summed E-state index contributed by atoms with van der Waals surface area (Å²) >= 11 is 0. The first-order valence-corrected chi connectivity index (χ1v) is 6.37. The number of nitroso groups, excluding NO2 is 1. The molecule has 3 nitrogen and oxygen atoms in total. The quantitative estimate of drug-likeness (QED) is 0.680. The Balaban J connectivity index is 4.52. The first-order valence-electron chi connectivity index (χ1n) is 6.37. The Morgan fingerprint density at radius 1 is 1.00 bits per heavy atom. The molecule has 0 spiro atoms. The average molecular weight is 229 g/mol. The molecule has 0 amide bonds. The highest BCUT2D eigenvalue weighted by atomic mass is 16.3. The lowest BCUT2D eigenvalue weighted by Gasteiger charge is -2.32. The van der Waals surface area contributed by atoms with Crippen LogP contribution in [0.5, 0.6) is 0 Å². The summed E-state index contributed by atoms with van der Waals surface area (Å²) < 4.78 is 0. The van der Waals surface area contributed by atoms with E-state index in [0.717, 1.165) is 0 Å². The monoisotopic (exact) mass is 229 g/mol. The van der Waals surface area contributed by atoms with E-state index in [9.17, 15) is 10.0 Å². The lowest BCUT2D eigenvalue weighted by molar-refractivity contribution is 0.0216. The molecule has 0 bridgehead atoms. The van der Waals surface area contributed by atoms with Crippen LogP contribution >= 0.6 is 0 Å². The molecule has 5 atom stereocenters. The van der Waals surface area contributed by atoms with Crippen molar-refractivity contribution < 1.29 is 5.11 Å². The molecule has 0 aromatic rings. The van der Waals surface area contributed by atoms with Crippen LogP contribution in [0.25, 0.3) is 0 Å². The number of hydrogen-bond donors (Lipinski definition) is 1. The van der Waals surface area contributed by atoms with Crippen molar-refractivity contribution >= 4 is 0 Å². The molecule has 0 rings (SSSR count). The van der Waals surface area contributed by atoms with Crippen LogP contribution in [0.2, 0.25) is 0 Å². The van der Waals surface area contributed by atoms with Gasteiger partial charge in [0, 0.05) is 5.92 Å². The standard InChI is InChI=1S/C13H27NO2/c1-7-12(14-16)11(6)13(15)10(5)9(4)8(2)3/h8-13,15H,7H2,1-6H3. The second kappa shape index (κ2) is 7.00. The summed E-state index contributed by atoms with van der Waals surface area (Å²) in [5, 5.41) is 13.3. The van der Waals surface area contributed by atoms with E-state index in [1.54, 1.807) is 0 Å². The SMILES string of the molecule is CCC(N=O)C(C)C(O)C(C)C(C)C(C)C. The fourth-order valence-corrected chi connectivity index (χ4v) is 2.17. The first kappa shape index (κ1) is 15.6. The fraction of sp³-hybridized carbons (Fsp3) is 1.00. The predicted octanol–water partition coefficient (Wildman–Crippen LogP) is 3.46. The second-order valence-electron chi connectivity index (χ2n) is 5.39. The molecule has 0 aromatic carbocycles. The molecule has 1 N–H and O–H groups in total. The summed E-state index contributed by atoms with van der Waals surface area (Å²) in [7, 11) is 0. The minimum Gasteiger partial charge on any atom is -0.392 e. The highest BCUT2D eigenvalue weighted by Crippen LogP contribution is 2.29. The Labute approximate surface area is 99.6 Å². The van der Waals surface area contributed by atoms with E-state index in [1.807, 2.05) is 13.8 Å². The second-order valence-corrected chi connectivity index (χ2v) is 5.39. The minimum atomic E-state index is -0.444. The fourth-order valence-electron chi connectivity index (χ4n) is 2.17. The zero-order valence-electron chi connectivity index (χ0n) is 11.5. The normalized spacial score (nSPS) is 21.2. The van der Waals surface area contributed by atoms with Crippen molar-refractivity contribution in [2.75, 3.05) is 0 Å². The van der Waals surface area contributed by atoms with Gasteiger partial charge < -0.3 is 5.11 Å². The summed E-state index contributed by atoms with van der Waals surface area (Å²) in [5.74, 6) is 1.13. The molecule has 0 aliphatic rings. The van der Waals surface area contributed by atoms with Crippen molar-refractivity contribution in [3.63, 3.8) is 0 Å². The lowest BCUT2D eigenvalue weighted by Crippen LogP contribution is -2.36. The molecule has 0 radical (unpaired) electrons. The minimum absolute atomic E-state index is 0.0568. The van der Waals surface area contributed by atoms with Crippen molar-refractivity contribution in [3.05, 3.63) is 4.91 Å². The third kappa shape index (κ3) is 3.85. The number of aliphatic hydroxyl groups excluding tert-OH is 1.